The molecule has 0 fully saturated rings. The highest BCUT2D eigenvalue weighted by Crippen LogP contribution is 2.08. The number of aliphatic imine (C=N–C) groups is 2. The van der Waals surface area contributed by atoms with Gasteiger partial charge in [-0.3, -0.25) is 38.8 Å². The summed E-state index contributed by atoms with van der Waals surface area (Å²) in [7, 11) is 0. The van der Waals surface area contributed by atoms with Crippen LogP contribution in [0.2, 0.25) is 0 Å². The first-order chi connectivity index (χ1) is 26.5. The van der Waals surface area contributed by atoms with Gasteiger partial charge in [-0.2, -0.15) is 0 Å². The van der Waals surface area contributed by atoms with E-state index in [-0.39, 0.29) is 70.1 Å². The Morgan fingerprint density at radius 3 is 1.30 bits per heavy atom. The average molecular weight is 803 g/mol. The van der Waals surface area contributed by atoms with E-state index in [0.29, 0.717) is 32.2 Å². The molecule has 0 aliphatic heterocycles. The molecular weight excluding hydrogens is 740 g/mol. The van der Waals surface area contributed by atoms with Gasteiger partial charge in [0, 0.05) is 19.5 Å². The third kappa shape index (κ3) is 22.8. The maximum absolute atomic E-state index is 13.5. The van der Waals surface area contributed by atoms with Crippen LogP contribution < -0.4 is 66.7 Å². The van der Waals surface area contributed by atoms with Crippen molar-refractivity contribution in [1.82, 2.24) is 26.6 Å². The van der Waals surface area contributed by atoms with E-state index in [1.165, 1.54) is 0 Å². The Morgan fingerprint density at radius 2 is 0.875 bits per heavy atom. The van der Waals surface area contributed by atoms with Crippen molar-refractivity contribution in [2.75, 3.05) is 32.8 Å². The Morgan fingerprint density at radius 1 is 0.500 bits per heavy atom. The SMILES string of the molecule is NCCCC[C@H](NC(=O)[C@H](CO)NC(=O)[C@H](CCC(=O)O)NC(=O)[C@H](CCCN=C(N)N)NC(=O)[C@@H](N)CCCCN)C(=O)N[C@@H](CCCN=C(N)N)C(=O)O. The molecule has 5 amide bonds. The number of nitrogens with one attached hydrogen (secondary N) is 5. The van der Waals surface area contributed by atoms with Crippen LogP contribution in [0, 0.1) is 0 Å². The molecule has 56 heavy (non-hydrogen) atoms. The summed E-state index contributed by atoms with van der Waals surface area (Å²) < 4.78 is 0. The lowest BCUT2D eigenvalue weighted by Crippen LogP contribution is -2.60. The molecular formula is C32H62N14O10. The number of aliphatic hydroxyl groups excluding tert-OH is 1. The van der Waals surface area contributed by atoms with Gasteiger partial charge in [0.2, 0.25) is 29.5 Å². The molecule has 22 N–H and O–H groups in total. The van der Waals surface area contributed by atoms with Crippen LogP contribution in [0.25, 0.3) is 0 Å². The number of unbranched alkanes of at least 4 members (excludes halogenated alkanes) is 2. The van der Waals surface area contributed by atoms with Crippen molar-refractivity contribution in [3.8, 4) is 0 Å². The van der Waals surface area contributed by atoms with E-state index in [1.54, 1.807) is 0 Å². The molecule has 24 nitrogen and oxygen atoms in total. The second kappa shape index (κ2) is 29.0. The number of aliphatic carboxylic acids is 2. The number of nitrogens with zero attached hydrogens (tertiary/aromatic N) is 2. The highest BCUT2D eigenvalue weighted by atomic mass is 16.4. The number of aliphatic hydroxyl groups is 1. The molecule has 320 valence electrons. The Labute approximate surface area is 324 Å². The first-order valence-corrected chi connectivity index (χ1v) is 18.3. The van der Waals surface area contributed by atoms with E-state index in [9.17, 15) is 48.9 Å². The van der Waals surface area contributed by atoms with Crippen molar-refractivity contribution in [3.63, 3.8) is 0 Å². The number of carbonyl (C=O) groups is 7. The molecule has 0 unspecified atom stereocenters. The summed E-state index contributed by atoms with van der Waals surface area (Å²) >= 11 is 0. The number of hydrogen-bond acceptors (Lipinski definition) is 13. The minimum atomic E-state index is -1.71. The molecule has 0 bridgehead atoms. The zero-order valence-corrected chi connectivity index (χ0v) is 31.6. The van der Waals surface area contributed by atoms with E-state index in [2.05, 4.69) is 36.6 Å². The van der Waals surface area contributed by atoms with Gasteiger partial charge in [0.25, 0.3) is 0 Å². The molecule has 0 radical (unpaired) electrons. The van der Waals surface area contributed by atoms with Gasteiger partial charge in [0.15, 0.2) is 11.9 Å². The lowest BCUT2D eigenvalue weighted by Gasteiger charge is -2.26. The molecule has 0 aromatic heterocycles. The summed E-state index contributed by atoms with van der Waals surface area (Å²) in [6.07, 6.45) is 1.47. The molecule has 0 saturated heterocycles. The Hall–Kier alpha value is -5.33. The smallest absolute Gasteiger partial charge is 0.326 e. The molecule has 6 atom stereocenters. The van der Waals surface area contributed by atoms with Crippen LogP contribution in [-0.2, 0) is 33.6 Å². The topological polar surface area (TPSA) is 447 Å². The molecule has 0 aliphatic rings. The average Bonchev–Trinajstić information content (AvgIpc) is 3.13. The second-order valence-corrected chi connectivity index (χ2v) is 12.8. The first-order valence-electron chi connectivity index (χ1n) is 18.3. The Kier molecular flexibility index (Phi) is 26.3. The summed E-state index contributed by atoms with van der Waals surface area (Å²) in [5.74, 6) is -7.62. The summed E-state index contributed by atoms with van der Waals surface area (Å²) in [4.78, 5) is 97.3. The van der Waals surface area contributed by atoms with Crippen LogP contribution >= 0.6 is 0 Å². The number of amides is 5. The van der Waals surface area contributed by atoms with Crippen LogP contribution in [0.5, 0.6) is 0 Å². The van der Waals surface area contributed by atoms with E-state index in [1.807, 2.05) is 0 Å². The number of carboxylic acids is 2. The van der Waals surface area contributed by atoms with Crippen molar-refractivity contribution in [2.45, 2.75) is 113 Å². The minimum absolute atomic E-state index is 0.00543. The number of carbonyl (C=O) groups excluding carboxylic acids is 5. The largest absolute Gasteiger partial charge is 0.481 e. The first kappa shape index (κ1) is 50.7. The van der Waals surface area contributed by atoms with E-state index < -0.39 is 97.2 Å². The quantitative estimate of drug-likeness (QED) is 0.0176. The number of guanidine groups is 2. The summed E-state index contributed by atoms with van der Waals surface area (Å²) in [5, 5.41) is 41.0. The van der Waals surface area contributed by atoms with Crippen molar-refractivity contribution < 1.29 is 48.9 Å². The molecule has 0 saturated carbocycles. The predicted molar refractivity (Wildman–Crippen MR) is 205 cm³/mol. The summed E-state index contributed by atoms with van der Waals surface area (Å²) in [5.41, 5.74) is 38.3. The maximum atomic E-state index is 13.5. The predicted octanol–water partition coefficient (Wildman–Crippen LogP) is -5.96. The number of nitrogens with two attached hydrogens (primary N) is 7. The van der Waals surface area contributed by atoms with Gasteiger partial charge < -0.3 is 82.0 Å². The number of hydrogen-bond donors (Lipinski definition) is 15. The van der Waals surface area contributed by atoms with Gasteiger partial charge in [-0.1, -0.05) is 6.42 Å². The second-order valence-electron chi connectivity index (χ2n) is 12.8. The Balaban J connectivity index is 6.08. The summed E-state index contributed by atoms with van der Waals surface area (Å²) in [6.45, 7) is -0.163. The fourth-order valence-electron chi connectivity index (χ4n) is 5.03. The third-order valence-corrected chi connectivity index (χ3v) is 8.12. The molecule has 0 aliphatic carbocycles. The van der Waals surface area contributed by atoms with Crippen LogP contribution in [-0.4, -0.2) is 138 Å². The lowest BCUT2D eigenvalue weighted by atomic mass is 10.0. The van der Waals surface area contributed by atoms with Crippen LogP contribution in [0.3, 0.4) is 0 Å². The van der Waals surface area contributed by atoms with Gasteiger partial charge in [0.1, 0.15) is 30.2 Å². The van der Waals surface area contributed by atoms with Crippen LogP contribution in [0.4, 0.5) is 0 Å². The highest BCUT2D eigenvalue weighted by molar-refractivity contribution is 5.96. The van der Waals surface area contributed by atoms with Crippen molar-refractivity contribution >= 4 is 53.4 Å². The molecule has 0 heterocycles. The van der Waals surface area contributed by atoms with Gasteiger partial charge in [-0.25, -0.2) is 4.79 Å². The number of carboxylic acid groups (broad SMARTS) is 2. The fraction of sp³-hybridized carbons (Fsp3) is 0.719. The molecule has 0 rings (SSSR count). The van der Waals surface area contributed by atoms with Crippen molar-refractivity contribution in [2.24, 2.45) is 50.1 Å². The van der Waals surface area contributed by atoms with E-state index in [0.717, 1.165) is 0 Å². The highest BCUT2D eigenvalue weighted by Gasteiger charge is 2.33. The summed E-state index contributed by atoms with van der Waals surface area (Å²) in [6, 6.07) is -8.26. The zero-order valence-electron chi connectivity index (χ0n) is 31.6. The minimum Gasteiger partial charge on any atom is -0.481 e. The molecule has 24 heteroatoms. The van der Waals surface area contributed by atoms with Crippen molar-refractivity contribution in [3.05, 3.63) is 0 Å². The van der Waals surface area contributed by atoms with Gasteiger partial charge >= 0.3 is 11.9 Å². The lowest BCUT2D eigenvalue weighted by molar-refractivity contribution is -0.142. The molecule has 0 aromatic carbocycles. The van der Waals surface area contributed by atoms with E-state index >= 15 is 0 Å². The van der Waals surface area contributed by atoms with Crippen molar-refractivity contribution in [1.29, 1.82) is 0 Å². The van der Waals surface area contributed by atoms with Gasteiger partial charge in [-0.05, 0) is 77.3 Å². The van der Waals surface area contributed by atoms with Crippen LogP contribution in [0.15, 0.2) is 9.98 Å². The monoisotopic (exact) mass is 802 g/mol. The zero-order chi connectivity index (χ0) is 42.6. The molecule has 0 aromatic rings. The van der Waals surface area contributed by atoms with Gasteiger partial charge in [-0.15, -0.1) is 0 Å². The third-order valence-electron chi connectivity index (χ3n) is 8.12. The number of rotatable bonds is 31. The fourth-order valence-corrected chi connectivity index (χ4v) is 5.03. The molecule has 0 spiro atoms. The standard InChI is InChI=1S/C32H62N14O10/c33-13-3-1-7-18(35)25(50)42-20(9-5-15-40-31(36)37)26(51)44-21(11-12-24(48)49)28(53)46-23(17-47)29(54)43-19(8-2-4-14-34)27(52)45-22(30(55)56)10-6-16-41-32(38)39/h18-23,47H,1-17,33-35H2,(H,42,50)(H,43,54)(H,44,51)(H,45,52)(H,46,53)(H,48,49)(H,55,56)(H4,36,37,40)(H4,38,39,41)/t18-,19-,20-,21-,22-,23-/m0/s1. The Bertz CT molecular complexity index is 1330. The normalized spacial score (nSPS) is 14.0. The maximum Gasteiger partial charge on any atom is 0.326 e. The van der Waals surface area contributed by atoms with E-state index in [4.69, 9.17) is 40.1 Å². The van der Waals surface area contributed by atoms with Crippen LogP contribution in [0.1, 0.15) is 77.0 Å². The van der Waals surface area contributed by atoms with Gasteiger partial charge in [0.05, 0.1) is 12.6 Å².